The molecule has 0 spiro atoms. The van der Waals surface area contributed by atoms with E-state index in [2.05, 4.69) is 19.6 Å². The molecule has 0 aliphatic carbocycles. The van der Waals surface area contributed by atoms with Crippen molar-refractivity contribution in [3.63, 3.8) is 0 Å². The molecular formula is C16H23BN2. The Morgan fingerprint density at radius 3 is 2.58 bits per heavy atom. The summed E-state index contributed by atoms with van der Waals surface area (Å²) in [6.07, 6.45) is 3.87. The van der Waals surface area contributed by atoms with Crippen LogP contribution in [0.4, 0.5) is 5.69 Å². The van der Waals surface area contributed by atoms with Crippen LogP contribution in [0.15, 0.2) is 30.4 Å². The molecule has 1 aromatic rings. The Morgan fingerprint density at radius 2 is 2.11 bits per heavy atom. The normalized spacial score (nSPS) is 13.4. The van der Waals surface area contributed by atoms with Gasteiger partial charge in [-0.2, -0.15) is 0 Å². The SMILES string of the molecule is [B]c1cc(C)c(/C(=C\CC)CC(N)C(=C)C)c(N)c1. The van der Waals surface area contributed by atoms with Gasteiger partial charge in [-0.3, -0.25) is 0 Å². The van der Waals surface area contributed by atoms with Crippen LogP contribution in [0.25, 0.3) is 5.57 Å². The molecule has 1 unspecified atom stereocenters. The van der Waals surface area contributed by atoms with Crippen molar-refractivity contribution < 1.29 is 0 Å². The largest absolute Gasteiger partial charge is 0.398 e. The molecule has 2 nitrogen and oxygen atoms in total. The Morgan fingerprint density at radius 1 is 1.47 bits per heavy atom. The fourth-order valence-corrected chi connectivity index (χ4v) is 2.23. The van der Waals surface area contributed by atoms with E-state index in [0.717, 1.165) is 29.5 Å². The maximum atomic E-state index is 6.12. The summed E-state index contributed by atoms with van der Waals surface area (Å²) in [5, 5.41) is 0. The van der Waals surface area contributed by atoms with Crippen LogP contribution in [0.1, 0.15) is 37.8 Å². The van der Waals surface area contributed by atoms with Gasteiger partial charge in [0.2, 0.25) is 0 Å². The number of hydrogen-bond donors (Lipinski definition) is 2. The molecule has 3 heteroatoms. The third-order valence-corrected chi connectivity index (χ3v) is 3.23. The van der Waals surface area contributed by atoms with Gasteiger partial charge < -0.3 is 11.5 Å². The summed E-state index contributed by atoms with van der Waals surface area (Å²) < 4.78 is 0. The lowest BCUT2D eigenvalue weighted by molar-refractivity contribution is 0.795. The second-order valence-corrected chi connectivity index (χ2v) is 5.10. The van der Waals surface area contributed by atoms with E-state index >= 15 is 0 Å². The quantitative estimate of drug-likeness (QED) is 0.481. The number of nitrogen functional groups attached to an aromatic ring is 1. The predicted octanol–water partition coefficient (Wildman–Crippen LogP) is 2.46. The van der Waals surface area contributed by atoms with E-state index in [9.17, 15) is 0 Å². The Balaban J connectivity index is 3.21. The van der Waals surface area contributed by atoms with Crippen molar-refractivity contribution in [2.24, 2.45) is 5.73 Å². The number of hydrogen-bond acceptors (Lipinski definition) is 2. The van der Waals surface area contributed by atoms with Gasteiger partial charge in [-0.25, -0.2) is 0 Å². The second-order valence-electron chi connectivity index (χ2n) is 5.10. The molecule has 0 aliphatic rings. The molecule has 0 saturated carbocycles. The third kappa shape index (κ3) is 4.00. The average Bonchev–Trinajstić information content (AvgIpc) is 2.27. The van der Waals surface area contributed by atoms with Gasteiger partial charge in [-0.05, 0) is 43.9 Å². The standard InChI is InChI=1S/C16H23BN2/c1-5-6-12(8-14(18)10(2)3)16-11(4)7-13(17)9-15(16)19/h6-7,9,14H,2,5,8,18-19H2,1,3-4H3/b12-6-. The summed E-state index contributed by atoms with van der Waals surface area (Å²) in [5.74, 6) is 0. The fourth-order valence-electron chi connectivity index (χ4n) is 2.23. The van der Waals surface area contributed by atoms with E-state index in [1.54, 1.807) is 6.07 Å². The highest BCUT2D eigenvalue weighted by molar-refractivity contribution is 6.32. The highest BCUT2D eigenvalue weighted by Crippen LogP contribution is 2.29. The monoisotopic (exact) mass is 254 g/mol. The van der Waals surface area contributed by atoms with Crippen LogP contribution in [0.5, 0.6) is 0 Å². The molecular weight excluding hydrogens is 231 g/mol. The zero-order chi connectivity index (χ0) is 14.6. The van der Waals surface area contributed by atoms with E-state index in [0.29, 0.717) is 11.2 Å². The molecule has 1 aromatic carbocycles. The molecule has 0 fully saturated rings. The zero-order valence-electron chi connectivity index (χ0n) is 12.2. The van der Waals surface area contributed by atoms with Gasteiger partial charge in [0, 0.05) is 17.3 Å². The van der Waals surface area contributed by atoms with E-state index in [4.69, 9.17) is 19.3 Å². The lowest BCUT2D eigenvalue weighted by Gasteiger charge is -2.19. The minimum atomic E-state index is -0.0471. The topological polar surface area (TPSA) is 52.0 Å². The first-order chi connectivity index (χ1) is 8.86. The van der Waals surface area contributed by atoms with Crippen molar-refractivity contribution in [3.8, 4) is 0 Å². The molecule has 0 aliphatic heterocycles. The van der Waals surface area contributed by atoms with Crippen molar-refractivity contribution in [2.75, 3.05) is 5.73 Å². The Bertz CT molecular complexity index is 480. The number of allylic oxidation sites excluding steroid dienone is 1. The summed E-state index contributed by atoms with van der Waals surface area (Å²) >= 11 is 0. The minimum Gasteiger partial charge on any atom is -0.398 e. The highest BCUT2D eigenvalue weighted by Gasteiger charge is 2.13. The molecule has 100 valence electrons. The van der Waals surface area contributed by atoms with E-state index < -0.39 is 0 Å². The molecule has 4 N–H and O–H groups in total. The number of nitrogens with two attached hydrogens (primary N) is 2. The van der Waals surface area contributed by atoms with Crippen LogP contribution in [0.2, 0.25) is 0 Å². The van der Waals surface area contributed by atoms with Crippen molar-refractivity contribution in [2.45, 2.75) is 39.7 Å². The van der Waals surface area contributed by atoms with Crippen molar-refractivity contribution in [3.05, 3.63) is 41.5 Å². The summed E-state index contributed by atoms with van der Waals surface area (Å²) in [4.78, 5) is 0. The van der Waals surface area contributed by atoms with Gasteiger partial charge in [-0.15, -0.1) is 0 Å². The van der Waals surface area contributed by atoms with E-state index in [1.807, 2.05) is 19.9 Å². The van der Waals surface area contributed by atoms with Gasteiger partial charge in [0.1, 0.15) is 7.85 Å². The Hall–Kier alpha value is -1.48. The molecule has 1 rings (SSSR count). The number of anilines is 1. The first-order valence-electron chi connectivity index (χ1n) is 6.62. The van der Waals surface area contributed by atoms with Gasteiger partial charge in [-0.1, -0.05) is 36.7 Å². The van der Waals surface area contributed by atoms with Crippen molar-refractivity contribution in [1.29, 1.82) is 0 Å². The highest BCUT2D eigenvalue weighted by atomic mass is 14.6. The van der Waals surface area contributed by atoms with E-state index in [-0.39, 0.29) is 6.04 Å². The molecule has 2 radical (unpaired) electrons. The van der Waals surface area contributed by atoms with Crippen LogP contribution >= 0.6 is 0 Å². The predicted molar refractivity (Wildman–Crippen MR) is 86.7 cm³/mol. The lowest BCUT2D eigenvalue weighted by atomic mass is 9.86. The maximum Gasteiger partial charge on any atom is 0.113 e. The molecule has 0 saturated heterocycles. The number of rotatable bonds is 5. The van der Waals surface area contributed by atoms with Crippen molar-refractivity contribution in [1.82, 2.24) is 0 Å². The van der Waals surface area contributed by atoms with Crippen LogP contribution in [0.3, 0.4) is 0 Å². The summed E-state index contributed by atoms with van der Waals surface area (Å²) in [7, 11) is 5.81. The first-order valence-corrected chi connectivity index (χ1v) is 6.62. The molecule has 19 heavy (non-hydrogen) atoms. The minimum absolute atomic E-state index is 0.0471. The Labute approximate surface area is 118 Å². The molecule has 1 atom stereocenters. The second kappa shape index (κ2) is 6.62. The van der Waals surface area contributed by atoms with Crippen LogP contribution < -0.4 is 16.9 Å². The van der Waals surface area contributed by atoms with E-state index in [1.165, 1.54) is 5.57 Å². The number of benzene rings is 1. The smallest absolute Gasteiger partial charge is 0.113 e. The third-order valence-electron chi connectivity index (χ3n) is 3.23. The molecule has 0 bridgehead atoms. The summed E-state index contributed by atoms with van der Waals surface area (Å²) in [5.41, 5.74) is 17.9. The molecule has 0 amide bonds. The molecule has 0 heterocycles. The lowest BCUT2D eigenvalue weighted by Crippen LogP contribution is -2.21. The van der Waals surface area contributed by atoms with Crippen LogP contribution in [-0.2, 0) is 0 Å². The average molecular weight is 254 g/mol. The van der Waals surface area contributed by atoms with Crippen molar-refractivity contribution >= 4 is 24.6 Å². The summed E-state index contributed by atoms with van der Waals surface area (Å²) in [6, 6.07) is 3.70. The zero-order valence-corrected chi connectivity index (χ0v) is 12.2. The number of aryl methyl sites for hydroxylation is 1. The molecule has 0 aromatic heterocycles. The van der Waals surface area contributed by atoms with Gasteiger partial charge >= 0.3 is 0 Å². The first kappa shape index (κ1) is 15.6. The van der Waals surface area contributed by atoms with Gasteiger partial charge in [0.15, 0.2) is 0 Å². The van der Waals surface area contributed by atoms with Crippen LogP contribution in [-0.4, -0.2) is 13.9 Å². The Kier molecular flexibility index (Phi) is 5.43. The fraction of sp³-hybridized carbons (Fsp3) is 0.375. The maximum absolute atomic E-state index is 6.12. The van der Waals surface area contributed by atoms with Gasteiger partial charge in [0.25, 0.3) is 0 Å². The summed E-state index contributed by atoms with van der Waals surface area (Å²) in [6.45, 7) is 10.0. The van der Waals surface area contributed by atoms with Crippen LogP contribution in [0, 0.1) is 6.92 Å². The van der Waals surface area contributed by atoms with Gasteiger partial charge in [0.05, 0.1) is 0 Å².